The Morgan fingerprint density at radius 3 is 2.48 bits per heavy atom. The van der Waals surface area contributed by atoms with Crippen molar-refractivity contribution in [3.63, 3.8) is 0 Å². The minimum Gasteiger partial charge on any atom is -0.351 e. The van der Waals surface area contributed by atoms with E-state index < -0.39 is 10.0 Å². The Labute approximate surface area is 163 Å². The summed E-state index contributed by atoms with van der Waals surface area (Å²) in [5.74, 6) is 0.281. The van der Waals surface area contributed by atoms with Crippen LogP contribution in [0.4, 0.5) is 5.69 Å². The first kappa shape index (κ1) is 19.4. The van der Waals surface area contributed by atoms with Gasteiger partial charge in [0, 0.05) is 18.3 Å². The van der Waals surface area contributed by atoms with Crippen LogP contribution in [0.3, 0.4) is 0 Å². The maximum atomic E-state index is 12.8. The van der Waals surface area contributed by atoms with Crippen molar-refractivity contribution < 1.29 is 13.2 Å². The van der Waals surface area contributed by atoms with Crippen LogP contribution >= 0.6 is 11.3 Å². The fraction of sp³-hybridized carbons (Fsp3) is 0.250. The van der Waals surface area contributed by atoms with Crippen LogP contribution in [-0.4, -0.2) is 27.9 Å². The predicted molar refractivity (Wildman–Crippen MR) is 111 cm³/mol. The maximum absolute atomic E-state index is 12.8. The minimum absolute atomic E-state index is 0.100. The van der Waals surface area contributed by atoms with Crippen LogP contribution in [0, 0.1) is 5.92 Å². The quantitative estimate of drug-likeness (QED) is 0.675. The van der Waals surface area contributed by atoms with Crippen LogP contribution < -0.4 is 9.62 Å². The Hall–Kier alpha value is -2.38. The topological polar surface area (TPSA) is 66.5 Å². The van der Waals surface area contributed by atoms with E-state index in [0.717, 1.165) is 10.1 Å². The van der Waals surface area contributed by atoms with Gasteiger partial charge in [-0.2, -0.15) is 0 Å². The summed E-state index contributed by atoms with van der Waals surface area (Å²) < 4.78 is 27.8. The van der Waals surface area contributed by atoms with Gasteiger partial charge in [-0.05, 0) is 47.7 Å². The van der Waals surface area contributed by atoms with Crippen molar-refractivity contribution in [2.45, 2.75) is 18.7 Å². The van der Waals surface area contributed by atoms with Crippen molar-refractivity contribution in [3.05, 3.63) is 59.5 Å². The largest absolute Gasteiger partial charge is 0.351 e. The minimum atomic E-state index is -3.63. The van der Waals surface area contributed by atoms with Crippen molar-refractivity contribution in [1.29, 1.82) is 0 Å². The highest BCUT2D eigenvalue weighted by Crippen LogP contribution is 2.31. The van der Waals surface area contributed by atoms with Crippen LogP contribution in [0.2, 0.25) is 0 Å². The molecule has 1 heterocycles. The lowest BCUT2D eigenvalue weighted by Crippen LogP contribution is -2.26. The summed E-state index contributed by atoms with van der Waals surface area (Å²) in [5.41, 5.74) is 0.554. The number of hydrogen-bond acceptors (Lipinski definition) is 4. The van der Waals surface area contributed by atoms with E-state index >= 15 is 0 Å². The molecule has 142 valence electrons. The number of carbonyl (C=O) groups excluding carboxylic acids is 1. The highest BCUT2D eigenvalue weighted by atomic mass is 32.2. The van der Waals surface area contributed by atoms with E-state index in [1.54, 1.807) is 42.5 Å². The SMILES string of the molecule is CC(C)CNC(=O)c1cc2cc(N(C)S(=O)(=O)c3ccccc3)ccc2s1. The first-order chi connectivity index (χ1) is 12.8. The van der Waals surface area contributed by atoms with Crippen molar-refractivity contribution in [1.82, 2.24) is 5.32 Å². The van der Waals surface area contributed by atoms with Crippen molar-refractivity contribution in [3.8, 4) is 0 Å². The first-order valence-electron chi connectivity index (χ1n) is 8.65. The number of fused-ring (bicyclic) bond motifs is 1. The Morgan fingerprint density at radius 2 is 1.81 bits per heavy atom. The number of hydrogen-bond donors (Lipinski definition) is 1. The second kappa shape index (κ2) is 7.70. The summed E-state index contributed by atoms with van der Waals surface area (Å²) >= 11 is 1.40. The third kappa shape index (κ3) is 4.14. The average Bonchev–Trinajstić information content (AvgIpc) is 3.09. The highest BCUT2D eigenvalue weighted by molar-refractivity contribution is 7.92. The van der Waals surface area contributed by atoms with E-state index in [0.29, 0.717) is 23.0 Å². The Morgan fingerprint density at radius 1 is 1.11 bits per heavy atom. The number of amides is 1. The molecule has 3 rings (SSSR count). The zero-order valence-corrected chi connectivity index (χ0v) is 17.1. The average molecular weight is 403 g/mol. The van der Waals surface area contributed by atoms with Gasteiger partial charge in [0.2, 0.25) is 0 Å². The molecule has 3 aromatic rings. The van der Waals surface area contributed by atoms with E-state index in [-0.39, 0.29) is 10.8 Å². The fourth-order valence-corrected chi connectivity index (χ4v) is 4.78. The molecule has 1 amide bonds. The van der Waals surface area contributed by atoms with Gasteiger partial charge in [0.05, 0.1) is 15.5 Å². The maximum Gasteiger partial charge on any atom is 0.264 e. The standard InChI is InChI=1S/C20H22N2O3S2/c1-14(2)13-21-20(23)19-12-15-11-16(9-10-18(15)26-19)22(3)27(24,25)17-7-5-4-6-8-17/h4-12,14H,13H2,1-3H3,(H,21,23). The number of benzene rings is 2. The number of carbonyl (C=O) groups is 1. The monoisotopic (exact) mass is 402 g/mol. The van der Waals surface area contributed by atoms with Crippen LogP contribution in [-0.2, 0) is 10.0 Å². The Bertz CT molecular complexity index is 1060. The lowest BCUT2D eigenvalue weighted by atomic mass is 10.2. The van der Waals surface area contributed by atoms with Crippen LogP contribution in [0.5, 0.6) is 0 Å². The second-order valence-electron chi connectivity index (χ2n) is 6.72. The summed E-state index contributed by atoms with van der Waals surface area (Å²) in [6.45, 7) is 4.71. The number of sulfonamides is 1. The van der Waals surface area contributed by atoms with Gasteiger partial charge in [0.1, 0.15) is 0 Å². The summed E-state index contributed by atoms with van der Waals surface area (Å²) in [6.07, 6.45) is 0. The lowest BCUT2D eigenvalue weighted by Gasteiger charge is -2.19. The van der Waals surface area contributed by atoms with Gasteiger partial charge in [0.25, 0.3) is 15.9 Å². The molecule has 0 radical (unpaired) electrons. The van der Waals surface area contributed by atoms with Gasteiger partial charge < -0.3 is 5.32 Å². The molecule has 1 N–H and O–H groups in total. The van der Waals surface area contributed by atoms with E-state index in [2.05, 4.69) is 5.32 Å². The van der Waals surface area contributed by atoms with E-state index in [9.17, 15) is 13.2 Å². The molecule has 0 saturated carbocycles. The molecule has 2 aromatic carbocycles. The van der Waals surface area contributed by atoms with Gasteiger partial charge in [-0.25, -0.2) is 8.42 Å². The number of anilines is 1. The lowest BCUT2D eigenvalue weighted by molar-refractivity contribution is 0.0953. The van der Waals surface area contributed by atoms with E-state index in [4.69, 9.17) is 0 Å². The van der Waals surface area contributed by atoms with Gasteiger partial charge in [0.15, 0.2) is 0 Å². The molecule has 1 aromatic heterocycles. The Kier molecular flexibility index (Phi) is 5.53. The number of nitrogens with zero attached hydrogens (tertiary/aromatic N) is 1. The molecule has 0 atom stereocenters. The number of nitrogens with one attached hydrogen (secondary N) is 1. The summed E-state index contributed by atoms with van der Waals surface area (Å²) in [5, 5.41) is 3.76. The third-order valence-corrected chi connectivity index (χ3v) is 7.07. The van der Waals surface area contributed by atoms with Crippen molar-refractivity contribution in [2.75, 3.05) is 17.9 Å². The summed E-state index contributed by atoms with van der Waals surface area (Å²) in [6, 6.07) is 15.5. The normalized spacial score (nSPS) is 11.7. The van der Waals surface area contributed by atoms with E-state index in [1.165, 1.54) is 22.7 Å². The van der Waals surface area contributed by atoms with Crippen LogP contribution in [0.15, 0.2) is 59.5 Å². The van der Waals surface area contributed by atoms with Crippen LogP contribution in [0.1, 0.15) is 23.5 Å². The van der Waals surface area contributed by atoms with Gasteiger partial charge in [-0.15, -0.1) is 11.3 Å². The van der Waals surface area contributed by atoms with Crippen LogP contribution in [0.25, 0.3) is 10.1 Å². The second-order valence-corrected chi connectivity index (χ2v) is 9.78. The van der Waals surface area contributed by atoms with Crippen molar-refractivity contribution in [2.24, 2.45) is 5.92 Å². The fourth-order valence-electron chi connectivity index (χ4n) is 2.61. The molecule has 0 aliphatic rings. The molecular formula is C20H22N2O3S2. The van der Waals surface area contributed by atoms with E-state index in [1.807, 2.05) is 26.0 Å². The molecule has 0 unspecified atom stereocenters. The van der Waals surface area contributed by atoms with Gasteiger partial charge in [-0.1, -0.05) is 32.0 Å². The Balaban J connectivity index is 1.89. The molecule has 27 heavy (non-hydrogen) atoms. The molecule has 0 spiro atoms. The summed E-state index contributed by atoms with van der Waals surface area (Å²) in [4.78, 5) is 13.1. The predicted octanol–water partition coefficient (Wildman–Crippen LogP) is 4.11. The van der Waals surface area contributed by atoms with Gasteiger partial charge >= 0.3 is 0 Å². The van der Waals surface area contributed by atoms with Gasteiger partial charge in [-0.3, -0.25) is 9.10 Å². The zero-order valence-electron chi connectivity index (χ0n) is 15.5. The molecule has 0 bridgehead atoms. The zero-order chi connectivity index (χ0) is 19.6. The molecule has 0 aliphatic heterocycles. The molecule has 0 aliphatic carbocycles. The molecule has 7 heteroatoms. The smallest absolute Gasteiger partial charge is 0.264 e. The molecule has 0 saturated heterocycles. The molecule has 0 fully saturated rings. The highest BCUT2D eigenvalue weighted by Gasteiger charge is 2.21. The number of thiophene rings is 1. The first-order valence-corrected chi connectivity index (χ1v) is 10.9. The molecule has 5 nitrogen and oxygen atoms in total. The van der Waals surface area contributed by atoms with Crippen molar-refractivity contribution >= 4 is 43.0 Å². The summed E-state index contributed by atoms with van der Waals surface area (Å²) in [7, 11) is -2.10. The molecular weight excluding hydrogens is 380 g/mol. The third-order valence-electron chi connectivity index (χ3n) is 4.16. The number of rotatable bonds is 6.